The Balaban J connectivity index is 1.38. The Hall–Kier alpha value is -1.67. The molecule has 0 spiro atoms. The van der Waals surface area contributed by atoms with E-state index in [-0.39, 0.29) is 0 Å². The van der Waals surface area contributed by atoms with Crippen LogP contribution in [0.1, 0.15) is 37.3 Å². The third-order valence-electron chi connectivity index (χ3n) is 5.35. The Kier molecular flexibility index (Phi) is 10.4. The van der Waals surface area contributed by atoms with Crippen LogP contribution < -0.4 is 10.6 Å². The molecule has 0 aliphatic carbocycles. The number of hydrogen-bond donors (Lipinski definition) is 2. The summed E-state index contributed by atoms with van der Waals surface area (Å²) >= 11 is 0. The summed E-state index contributed by atoms with van der Waals surface area (Å²) < 4.78 is 16.7. The number of benzene rings is 1. The first-order valence-corrected chi connectivity index (χ1v) is 11.4. The number of morpholine rings is 1. The van der Waals surface area contributed by atoms with Gasteiger partial charge in [-0.3, -0.25) is 4.90 Å². The Labute approximate surface area is 181 Å². The van der Waals surface area contributed by atoms with E-state index in [1.807, 2.05) is 0 Å². The molecule has 1 aromatic rings. The van der Waals surface area contributed by atoms with Crippen molar-refractivity contribution in [3.8, 4) is 0 Å². The Morgan fingerprint density at radius 2 is 2.07 bits per heavy atom. The Morgan fingerprint density at radius 3 is 2.87 bits per heavy atom. The SMILES string of the molecule is CCNC(=NCc1cccc(CN2CCOCC2)c1)NCCCOCC1CCCO1. The lowest BCUT2D eigenvalue weighted by Gasteiger charge is -2.26. The van der Waals surface area contributed by atoms with Crippen LogP contribution in [-0.4, -0.2) is 76.2 Å². The summed E-state index contributed by atoms with van der Waals surface area (Å²) in [7, 11) is 0. The number of nitrogens with zero attached hydrogens (tertiary/aromatic N) is 2. The van der Waals surface area contributed by atoms with E-state index in [1.54, 1.807) is 0 Å². The minimum atomic E-state index is 0.302. The molecule has 0 saturated carbocycles. The molecule has 168 valence electrons. The predicted molar refractivity (Wildman–Crippen MR) is 120 cm³/mol. The fourth-order valence-electron chi connectivity index (χ4n) is 3.73. The molecule has 1 aromatic carbocycles. The fourth-order valence-corrected chi connectivity index (χ4v) is 3.73. The number of guanidine groups is 1. The molecular formula is C23H38N4O3. The molecule has 3 rings (SSSR count). The van der Waals surface area contributed by atoms with E-state index >= 15 is 0 Å². The molecule has 2 aliphatic rings. The van der Waals surface area contributed by atoms with E-state index in [0.29, 0.717) is 12.6 Å². The van der Waals surface area contributed by atoms with Crippen LogP contribution in [0.25, 0.3) is 0 Å². The van der Waals surface area contributed by atoms with Crippen molar-refractivity contribution in [1.82, 2.24) is 15.5 Å². The van der Waals surface area contributed by atoms with E-state index in [0.717, 1.165) is 91.0 Å². The lowest BCUT2D eigenvalue weighted by atomic mass is 10.1. The van der Waals surface area contributed by atoms with Crippen molar-refractivity contribution in [1.29, 1.82) is 0 Å². The molecule has 2 saturated heterocycles. The minimum absolute atomic E-state index is 0.302. The summed E-state index contributed by atoms with van der Waals surface area (Å²) in [5, 5.41) is 6.73. The highest BCUT2D eigenvalue weighted by atomic mass is 16.5. The molecule has 1 atom stereocenters. The number of hydrogen-bond acceptors (Lipinski definition) is 5. The van der Waals surface area contributed by atoms with Gasteiger partial charge in [0.1, 0.15) is 0 Å². The lowest BCUT2D eigenvalue weighted by Crippen LogP contribution is -2.38. The third kappa shape index (κ3) is 8.60. The molecule has 2 N–H and O–H groups in total. The van der Waals surface area contributed by atoms with Crippen LogP contribution in [0.5, 0.6) is 0 Å². The number of rotatable bonds is 11. The number of aliphatic imine (C=N–C) groups is 1. The van der Waals surface area contributed by atoms with Crippen LogP contribution >= 0.6 is 0 Å². The average molecular weight is 419 g/mol. The normalized spacial score (nSPS) is 20.4. The zero-order valence-corrected chi connectivity index (χ0v) is 18.4. The van der Waals surface area contributed by atoms with Gasteiger partial charge in [-0.25, -0.2) is 4.99 Å². The van der Waals surface area contributed by atoms with Gasteiger partial charge in [-0.05, 0) is 37.3 Å². The average Bonchev–Trinajstić information content (AvgIpc) is 3.29. The van der Waals surface area contributed by atoms with Crippen molar-refractivity contribution in [2.75, 3.05) is 59.2 Å². The summed E-state index contributed by atoms with van der Waals surface area (Å²) in [5.74, 6) is 0.857. The van der Waals surface area contributed by atoms with Crippen LogP contribution in [0.2, 0.25) is 0 Å². The second-order valence-electron chi connectivity index (χ2n) is 7.89. The number of nitrogens with one attached hydrogen (secondary N) is 2. The van der Waals surface area contributed by atoms with E-state index in [2.05, 4.69) is 46.7 Å². The van der Waals surface area contributed by atoms with Gasteiger partial charge in [-0.15, -0.1) is 0 Å². The summed E-state index contributed by atoms with van der Waals surface area (Å²) in [6.07, 6.45) is 3.54. The molecule has 0 bridgehead atoms. The fraction of sp³-hybridized carbons (Fsp3) is 0.696. The van der Waals surface area contributed by atoms with Crippen molar-refractivity contribution < 1.29 is 14.2 Å². The molecule has 0 amide bonds. The highest BCUT2D eigenvalue weighted by molar-refractivity contribution is 5.79. The standard InChI is InChI=1S/C23H38N4O3/c1-2-24-23(25-9-5-12-29-19-22-8-4-13-30-22)26-17-20-6-3-7-21(16-20)18-27-10-14-28-15-11-27/h3,6-7,16,22H,2,4-5,8-15,17-19H2,1H3,(H2,24,25,26). The van der Waals surface area contributed by atoms with E-state index in [9.17, 15) is 0 Å². The molecule has 2 fully saturated rings. The number of ether oxygens (including phenoxy) is 3. The molecule has 0 aromatic heterocycles. The van der Waals surface area contributed by atoms with Gasteiger partial charge in [0, 0.05) is 45.9 Å². The maximum absolute atomic E-state index is 5.73. The highest BCUT2D eigenvalue weighted by Crippen LogP contribution is 2.12. The highest BCUT2D eigenvalue weighted by Gasteiger charge is 2.15. The van der Waals surface area contributed by atoms with Gasteiger partial charge in [0.2, 0.25) is 0 Å². The largest absolute Gasteiger partial charge is 0.379 e. The van der Waals surface area contributed by atoms with E-state index < -0.39 is 0 Å². The van der Waals surface area contributed by atoms with Crippen LogP contribution in [0, 0.1) is 0 Å². The second kappa shape index (κ2) is 13.6. The van der Waals surface area contributed by atoms with Crippen LogP contribution in [0.15, 0.2) is 29.3 Å². The van der Waals surface area contributed by atoms with Crippen molar-refractivity contribution in [3.05, 3.63) is 35.4 Å². The molecule has 2 heterocycles. The van der Waals surface area contributed by atoms with Gasteiger partial charge in [0.15, 0.2) is 5.96 Å². The van der Waals surface area contributed by atoms with E-state index in [1.165, 1.54) is 11.1 Å². The van der Waals surface area contributed by atoms with Gasteiger partial charge in [0.25, 0.3) is 0 Å². The molecular weight excluding hydrogens is 380 g/mol. The first-order chi connectivity index (χ1) is 14.8. The van der Waals surface area contributed by atoms with Gasteiger partial charge < -0.3 is 24.8 Å². The monoisotopic (exact) mass is 418 g/mol. The second-order valence-corrected chi connectivity index (χ2v) is 7.89. The zero-order valence-electron chi connectivity index (χ0n) is 18.4. The van der Waals surface area contributed by atoms with Crippen molar-refractivity contribution in [2.45, 2.75) is 45.4 Å². The molecule has 0 radical (unpaired) electrons. The van der Waals surface area contributed by atoms with Crippen LogP contribution in [0.4, 0.5) is 0 Å². The molecule has 2 aliphatic heterocycles. The zero-order chi connectivity index (χ0) is 20.9. The van der Waals surface area contributed by atoms with Crippen molar-refractivity contribution >= 4 is 5.96 Å². The predicted octanol–water partition coefficient (Wildman–Crippen LogP) is 2.16. The summed E-state index contributed by atoms with van der Waals surface area (Å²) in [5.41, 5.74) is 2.57. The van der Waals surface area contributed by atoms with Gasteiger partial charge in [-0.1, -0.05) is 24.3 Å². The smallest absolute Gasteiger partial charge is 0.191 e. The minimum Gasteiger partial charge on any atom is -0.379 e. The first kappa shape index (κ1) is 23.0. The van der Waals surface area contributed by atoms with Crippen LogP contribution in [-0.2, 0) is 27.3 Å². The first-order valence-electron chi connectivity index (χ1n) is 11.4. The van der Waals surface area contributed by atoms with Gasteiger partial charge in [0.05, 0.1) is 32.5 Å². The van der Waals surface area contributed by atoms with Crippen molar-refractivity contribution in [2.24, 2.45) is 4.99 Å². The van der Waals surface area contributed by atoms with Gasteiger partial charge >= 0.3 is 0 Å². The maximum Gasteiger partial charge on any atom is 0.191 e. The third-order valence-corrected chi connectivity index (χ3v) is 5.35. The van der Waals surface area contributed by atoms with Gasteiger partial charge in [-0.2, -0.15) is 0 Å². The molecule has 30 heavy (non-hydrogen) atoms. The Morgan fingerprint density at radius 1 is 1.20 bits per heavy atom. The maximum atomic E-state index is 5.73. The molecule has 7 heteroatoms. The molecule has 7 nitrogen and oxygen atoms in total. The summed E-state index contributed by atoms with van der Waals surface area (Å²) in [4.78, 5) is 7.20. The summed E-state index contributed by atoms with van der Waals surface area (Å²) in [6, 6.07) is 8.74. The Bertz CT molecular complexity index is 629. The molecule has 1 unspecified atom stereocenters. The van der Waals surface area contributed by atoms with Crippen LogP contribution in [0.3, 0.4) is 0 Å². The topological polar surface area (TPSA) is 67.4 Å². The van der Waals surface area contributed by atoms with Crippen molar-refractivity contribution in [3.63, 3.8) is 0 Å². The van der Waals surface area contributed by atoms with E-state index in [4.69, 9.17) is 19.2 Å². The lowest BCUT2D eigenvalue weighted by molar-refractivity contribution is 0.0168. The summed E-state index contributed by atoms with van der Waals surface area (Å²) in [6.45, 7) is 11.5. The quantitative estimate of drug-likeness (QED) is 0.326.